The molecule has 4 aromatic rings. The molecule has 0 saturated carbocycles. The first-order valence-electron chi connectivity index (χ1n) is 11.5. The minimum Gasteiger partial charge on any atom is -0.493 e. The molecule has 0 aliphatic carbocycles. The van der Waals surface area contributed by atoms with Crippen LogP contribution in [0.2, 0.25) is 5.02 Å². The molecular weight excluding hydrogens is 544 g/mol. The summed E-state index contributed by atoms with van der Waals surface area (Å²) in [7, 11) is 5.95. The number of rotatable bonds is 11. The summed E-state index contributed by atoms with van der Waals surface area (Å²) >= 11 is 7.34. The van der Waals surface area contributed by atoms with Gasteiger partial charge in [0.1, 0.15) is 0 Å². The van der Waals surface area contributed by atoms with Crippen LogP contribution >= 0.6 is 22.9 Å². The number of carbonyl (C=O) groups excluding carboxylic acids is 2. The van der Waals surface area contributed by atoms with E-state index in [0.717, 1.165) is 4.70 Å². The van der Waals surface area contributed by atoms with Crippen molar-refractivity contribution in [1.82, 2.24) is 4.98 Å². The summed E-state index contributed by atoms with van der Waals surface area (Å²) in [6.45, 7) is -0.273. The molecule has 1 amide bonds. The second-order valence-corrected chi connectivity index (χ2v) is 9.46. The third-order valence-corrected chi connectivity index (χ3v) is 6.71. The Morgan fingerprint density at radius 3 is 2.28 bits per heavy atom. The Kier molecular flexibility index (Phi) is 8.90. The fourth-order valence-electron chi connectivity index (χ4n) is 3.65. The van der Waals surface area contributed by atoms with E-state index in [4.69, 9.17) is 35.3 Å². The highest BCUT2D eigenvalue weighted by Gasteiger charge is 2.16. The van der Waals surface area contributed by atoms with E-state index in [1.54, 1.807) is 48.5 Å². The Morgan fingerprint density at radius 2 is 1.62 bits per heavy atom. The lowest BCUT2D eigenvalue weighted by Gasteiger charge is -2.13. The second-order valence-electron chi connectivity index (χ2n) is 7.99. The fourth-order valence-corrected chi connectivity index (χ4v) is 4.68. The lowest BCUT2D eigenvalue weighted by atomic mass is 10.1. The summed E-state index contributed by atoms with van der Waals surface area (Å²) in [6.07, 6.45) is 3.04. The average molecular weight is 569 g/mol. The number of benzene rings is 3. The average Bonchev–Trinajstić information content (AvgIpc) is 3.34. The molecule has 1 N–H and O–H groups in total. The molecule has 9 nitrogen and oxygen atoms in total. The zero-order chi connectivity index (χ0) is 27.9. The number of amides is 1. The van der Waals surface area contributed by atoms with Gasteiger partial charge in [0.25, 0.3) is 5.91 Å². The SMILES string of the molecule is COc1ccc(/C=C/C(=O)c2cc(OC)c(OC)c(OC)c2)cc1OCC(=O)Nc1nc2cc(Cl)ccc2s1. The molecule has 3 aromatic carbocycles. The number of hydrogen-bond donors (Lipinski definition) is 1. The molecule has 1 aromatic heterocycles. The van der Waals surface area contributed by atoms with E-state index in [9.17, 15) is 9.59 Å². The minimum atomic E-state index is -0.388. The fraction of sp³-hybridized carbons (Fsp3) is 0.179. The lowest BCUT2D eigenvalue weighted by Crippen LogP contribution is -2.20. The van der Waals surface area contributed by atoms with Gasteiger partial charge < -0.3 is 23.7 Å². The van der Waals surface area contributed by atoms with Gasteiger partial charge in [0.15, 0.2) is 40.5 Å². The highest BCUT2D eigenvalue weighted by atomic mass is 35.5. The van der Waals surface area contributed by atoms with Gasteiger partial charge in [-0.05, 0) is 54.1 Å². The van der Waals surface area contributed by atoms with Crippen molar-refractivity contribution in [3.05, 3.63) is 70.8 Å². The first-order chi connectivity index (χ1) is 18.8. The summed E-state index contributed by atoms with van der Waals surface area (Å²) in [5.74, 6) is 1.26. The maximum Gasteiger partial charge on any atom is 0.264 e. The molecule has 0 bridgehead atoms. The molecule has 4 rings (SSSR count). The molecule has 39 heavy (non-hydrogen) atoms. The van der Waals surface area contributed by atoms with Crippen LogP contribution in [0.1, 0.15) is 15.9 Å². The number of aromatic nitrogens is 1. The third-order valence-electron chi connectivity index (χ3n) is 5.52. The van der Waals surface area contributed by atoms with E-state index >= 15 is 0 Å². The Balaban J connectivity index is 1.45. The normalized spacial score (nSPS) is 10.9. The summed E-state index contributed by atoms with van der Waals surface area (Å²) in [4.78, 5) is 29.8. The van der Waals surface area contributed by atoms with Gasteiger partial charge in [-0.15, -0.1) is 0 Å². The van der Waals surface area contributed by atoms with Crippen LogP contribution in [-0.4, -0.2) is 51.7 Å². The molecule has 0 saturated heterocycles. The molecule has 0 aliphatic heterocycles. The number of ether oxygens (including phenoxy) is 5. The van der Waals surface area contributed by atoms with Crippen LogP contribution in [0, 0.1) is 0 Å². The standard InChI is InChI=1S/C28H25ClN2O7S/c1-34-21-9-6-16(5-8-20(32)17-12-23(35-2)27(37-4)24(13-17)36-3)11-22(21)38-15-26(33)31-28-30-19-14-18(29)7-10-25(19)39-28/h5-14H,15H2,1-4H3,(H,30,31,33)/b8-5+. The molecular formula is C28H25ClN2O7S. The first kappa shape index (κ1) is 27.7. The highest BCUT2D eigenvalue weighted by molar-refractivity contribution is 7.22. The van der Waals surface area contributed by atoms with E-state index in [0.29, 0.717) is 55.5 Å². The Morgan fingerprint density at radius 1 is 0.897 bits per heavy atom. The van der Waals surface area contributed by atoms with Crippen LogP contribution in [0.15, 0.2) is 54.6 Å². The molecule has 0 radical (unpaired) electrons. The van der Waals surface area contributed by atoms with Crippen molar-refractivity contribution >= 4 is 56.1 Å². The summed E-state index contributed by atoms with van der Waals surface area (Å²) in [6, 6.07) is 13.6. The number of hydrogen-bond acceptors (Lipinski definition) is 9. The van der Waals surface area contributed by atoms with Crippen LogP contribution < -0.4 is 29.0 Å². The van der Waals surface area contributed by atoms with Crippen molar-refractivity contribution in [2.24, 2.45) is 0 Å². The molecule has 1 heterocycles. The van der Waals surface area contributed by atoms with E-state index in [1.165, 1.54) is 45.9 Å². The van der Waals surface area contributed by atoms with E-state index in [-0.39, 0.29) is 18.3 Å². The molecule has 0 aliphatic rings. The molecule has 0 spiro atoms. The van der Waals surface area contributed by atoms with Crippen LogP contribution in [0.25, 0.3) is 16.3 Å². The first-order valence-corrected chi connectivity index (χ1v) is 12.7. The predicted octanol–water partition coefficient (Wildman–Crippen LogP) is 5.90. The van der Waals surface area contributed by atoms with E-state index < -0.39 is 0 Å². The van der Waals surface area contributed by atoms with Gasteiger partial charge in [0, 0.05) is 10.6 Å². The van der Waals surface area contributed by atoms with E-state index in [1.807, 2.05) is 6.07 Å². The lowest BCUT2D eigenvalue weighted by molar-refractivity contribution is -0.118. The summed E-state index contributed by atoms with van der Waals surface area (Å²) in [5, 5.41) is 3.74. The van der Waals surface area contributed by atoms with Gasteiger partial charge >= 0.3 is 0 Å². The monoisotopic (exact) mass is 568 g/mol. The van der Waals surface area contributed by atoms with Crippen molar-refractivity contribution in [1.29, 1.82) is 0 Å². The number of allylic oxidation sites excluding steroid dienone is 1. The quantitative estimate of drug-likeness (QED) is 0.176. The number of nitrogens with one attached hydrogen (secondary N) is 1. The zero-order valence-corrected chi connectivity index (χ0v) is 23.1. The Hall–Kier alpha value is -4.28. The Bertz CT molecular complexity index is 1530. The maximum absolute atomic E-state index is 12.9. The highest BCUT2D eigenvalue weighted by Crippen LogP contribution is 2.38. The number of thiazole rings is 1. The second kappa shape index (κ2) is 12.5. The number of anilines is 1. The topological polar surface area (TPSA) is 105 Å². The van der Waals surface area contributed by atoms with E-state index in [2.05, 4.69) is 10.3 Å². The van der Waals surface area contributed by atoms with Crippen molar-refractivity contribution in [3.63, 3.8) is 0 Å². The molecule has 0 atom stereocenters. The number of carbonyl (C=O) groups is 2. The van der Waals surface area contributed by atoms with Crippen molar-refractivity contribution in [2.45, 2.75) is 0 Å². The smallest absolute Gasteiger partial charge is 0.264 e. The van der Waals surface area contributed by atoms with Gasteiger partial charge in [-0.2, -0.15) is 0 Å². The number of nitrogens with zero attached hydrogens (tertiary/aromatic N) is 1. The third kappa shape index (κ3) is 6.60. The summed E-state index contributed by atoms with van der Waals surface area (Å²) in [5.41, 5.74) is 1.72. The van der Waals surface area contributed by atoms with Gasteiger partial charge in [0.05, 0.1) is 38.7 Å². The molecule has 11 heteroatoms. The van der Waals surface area contributed by atoms with Crippen LogP contribution in [0.5, 0.6) is 28.7 Å². The van der Waals surface area contributed by atoms with Gasteiger partial charge in [-0.25, -0.2) is 4.98 Å². The largest absolute Gasteiger partial charge is 0.493 e. The van der Waals surface area contributed by atoms with Gasteiger partial charge in [0.2, 0.25) is 5.75 Å². The number of methoxy groups -OCH3 is 4. The Labute approximate surface area is 233 Å². The summed E-state index contributed by atoms with van der Waals surface area (Å²) < 4.78 is 27.9. The van der Waals surface area contributed by atoms with Crippen LogP contribution in [0.3, 0.4) is 0 Å². The van der Waals surface area contributed by atoms with Crippen molar-refractivity contribution in [2.75, 3.05) is 40.4 Å². The zero-order valence-electron chi connectivity index (χ0n) is 21.6. The van der Waals surface area contributed by atoms with Crippen LogP contribution in [0.4, 0.5) is 5.13 Å². The number of halogens is 1. The van der Waals surface area contributed by atoms with Crippen molar-refractivity contribution < 1.29 is 33.3 Å². The van der Waals surface area contributed by atoms with Crippen molar-refractivity contribution in [3.8, 4) is 28.7 Å². The maximum atomic E-state index is 12.9. The molecule has 0 unspecified atom stereocenters. The number of fused-ring (bicyclic) bond motifs is 1. The van der Waals surface area contributed by atoms with Gasteiger partial charge in [-0.1, -0.05) is 35.1 Å². The van der Waals surface area contributed by atoms with Gasteiger partial charge in [-0.3, -0.25) is 14.9 Å². The minimum absolute atomic E-state index is 0.273. The predicted molar refractivity (Wildman–Crippen MR) is 151 cm³/mol. The molecule has 0 fully saturated rings. The number of ketones is 1. The van der Waals surface area contributed by atoms with Crippen LogP contribution in [-0.2, 0) is 4.79 Å². The molecule has 202 valence electrons.